The standard InChI is InChI=1S/C28H29N5O5S2/c34-40(35,32-13-18-37-19-14-32)25-9-5-23(6-10-25)30-28-33(26(21-39-28)27-2-1-15-38-27)29-20-22-3-7-24(8-4-22)31-11-16-36-17-12-31/h1-10,15,20-21H,11-14,16-19H2. The third kappa shape index (κ3) is 5.81. The molecule has 0 N–H and O–H groups in total. The van der Waals surface area contributed by atoms with Crippen molar-refractivity contribution in [3.63, 3.8) is 0 Å². The zero-order chi connectivity index (χ0) is 27.4. The third-order valence-electron chi connectivity index (χ3n) is 6.72. The van der Waals surface area contributed by atoms with Gasteiger partial charge in [0.15, 0.2) is 5.76 Å². The van der Waals surface area contributed by atoms with Gasteiger partial charge in [0.1, 0.15) is 5.69 Å². The van der Waals surface area contributed by atoms with Crippen LogP contribution in [0.15, 0.2) is 91.7 Å². The minimum atomic E-state index is -3.57. The average Bonchev–Trinajstić information content (AvgIpc) is 3.68. The van der Waals surface area contributed by atoms with Crippen LogP contribution in [0, 0.1) is 0 Å². The number of thiazole rings is 1. The molecule has 4 aromatic rings. The van der Waals surface area contributed by atoms with E-state index >= 15 is 0 Å². The van der Waals surface area contributed by atoms with Gasteiger partial charge in [-0.05, 0) is 54.1 Å². The van der Waals surface area contributed by atoms with Gasteiger partial charge in [0.25, 0.3) is 0 Å². The van der Waals surface area contributed by atoms with Crippen molar-refractivity contribution in [2.75, 3.05) is 57.5 Å². The number of nitrogens with zero attached hydrogens (tertiary/aromatic N) is 5. The highest BCUT2D eigenvalue weighted by Crippen LogP contribution is 2.23. The topological polar surface area (TPSA) is 102 Å². The van der Waals surface area contributed by atoms with Gasteiger partial charge in [-0.3, -0.25) is 0 Å². The van der Waals surface area contributed by atoms with Gasteiger partial charge in [0, 0.05) is 37.2 Å². The first-order valence-corrected chi connectivity index (χ1v) is 15.3. The summed E-state index contributed by atoms with van der Waals surface area (Å²) in [5.74, 6) is 0.671. The maximum atomic E-state index is 13.0. The molecule has 6 rings (SSSR count). The number of rotatable bonds is 7. The van der Waals surface area contributed by atoms with Crippen LogP contribution in [0.5, 0.6) is 0 Å². The van der Waals surface area contributed by atoms with Gasteiger partial charge in [-0.15, -0.1) is 11.3 Å². The second-order valence-electron chi connectivity index (χ2n) is 9.25. The zero-order valence-electron chi connectivity index (χ0n) is 21.8. The molecule has 4 heterocycles. The van der Waals surface area contributed by atoms with Gasteiger partial charge in [0.05, 0.1) is 49.5 Å². The number of furan rings is 1. The van der Waals surface area contributed by atoms with E-state index in [1.807, 2.05) is 29.6 Å². The van der Waals surface area contributed by atoms with Crippen molar-refractivity contribution < 1.29 is 22.3 Å². The highest BCUT2D eigenvalue weighted by molar-refractivity contribution is 7.89. The largest absolute Gasteiger partial charge is 0.463 e. The lowest BCUT2D eigenvalue weighted by molar-refractivity contribution is 0.0730. The quantitative estimate of drug-likeness (QED) is 0.309. The first kappa shape index (κ1) is 26.7. The molecule has 0 amide bonds. The SMILES string of the molecule is O=S(=O)(c1ccc(N=c2scc(-c3ccco3)n2N=Cc2ccc(N3CCOCC3)cc2)cc1)N1CCOCC1. The summed E-state index contributed by atoms with van der Waals surface area (Å²) in [5, 5.41) is 6.69. The summed E-state index contributed by atoms with van der Waals surface area (Å²) in [4.78, 5) is 7.94. The Hall–Kier alpha value is -3.55. The lowest BCUT2D eigenvalue weighted by Crippen LogP contribution is -2.40. The molecule has 12 heteroatoms. The normalized spacial score (nSPS) is 17.6. The van der Waals surface area contributed by atoms with Crippen LogP contribution in [0.25, 0.3) is 11.5 Å². The van der Waals surface area contributed by atoms with Gasteiger partial charge < -0.3 is 18.8 Å². The number of hydrogen-bond acceptors (Lipinski definition) is 9. The molecule has 0 saturated carbocycles. The zero-order valence-corrected chi connectivity index (χ0v) is 23.4. The molecule has 0 bridgehead atoms. The van der Waals surface area contributed by atoms with Gasteiger partial charge in [0.2, 0.25) is 14.8 Å². The number of morpholine rings is 2. The van der Waals surface area contributed by atoms with E-state index in [1.165, 1.54) is 15.6 Å². The molecule has 40 heavy (non-hydrogen) atoms. The fourth-order valence-corrected chi connectivity index (χ4v) is 6.78. The molecule has 2 aromatic heterocycles. The lowest BCUT2D eigenvalue weighted by Gasteiger charge is -2.28. The van der Waals surface area contributed by atoms with Crippen molar-refractivity contribution in [2.45, 2.75) is 4.90 Å². The van der Waals surface area contributed by atoms with Crippen molar-refractivity contribution in [3.05, 3.63) is 82.7 Å². The first-order valence-electron chi connectivity index (χ1n) is 13.0. The molecule has 0 radical (unpaired) electrons. The summed E-state index contributed by atoms with van der Waals surface area (Å²) in [6.07, 6.45) is 3.41. The van der Waals surface area contributed by atoms with E-state index in [1.54, 1.807) is 41.4 Å². The van der Waals surface area contributed by atoms with Crippen molar-refractivity contribution >= 4 is 38.9 Å². The number of hydrogen-bond donors (Lipinski definition) is 0. The van der Waals surface area contributed by atoms with Crippen LogP contribution in [0.3, 0.4) is 0 Å². The Morgan fingerprint density at radius 2 is 1.55 bits per heavy atom. The van der Waals surface area contributed by atoms with E-state index in [4.69, 9.17) is 24.0 Å². The Labute approximate surface area is 236 Å². The second-order valence-corrected chi connectivity index (χ2v) is 12.0. The van der Waals surface area contributed by atoms with E-state index in [0.29, 0.717) is 42.6 Å². The molecule has 2 aromatic carbocycles. The fourth-order valence-electron chi connectivity index (χ4n) is 4.54. The predicted molar refractivity (Wildman–Crippen MR) is 154 cm³/mol. The molecule has 2 saturated heterocycles. The van der Waals surface area contributed by atoms with E-state index in [-0.39, 0.29) is 4.90 Å². The predicted octanol–water partition coefficient (Wildman–Crippen LogP) is 3.78. The van der Waals surface area contributed by atoms with Crippen LogP contribution in [0.4, 0.5) is 11.4 Å². The molecule has 2 aliphatic rings. The van der Waals surface area contributed by atoms with Gasteiger partial charge in [-0.1, -0.05) is 12.1 Å². The number of aromatic nitrogens is 1. The highest BCUT2D eigenvalue weighted by atomic mass is 32.2. The fraction of sp³-hybridized carbons (Fsp3) is 0.286. The van der Waals surface area contributed by atoms with Gasteiger partial charge >= 0.3 is 0 Å². The van der Waals surface area contributed by atoms with Crippen molar-refractivity contribution in [3.8, 4) is 11.5 Å². The van der Waals surface area contributed by atoms with E-state index in [9.17, 15) is 8.42 Å². The van der Waals surface area contributed by atoms with Crippen LogP contribution in [0.1, 0.15) is 5.56 Å². The van der Waals surface area contributed by atoms with Crippen molar-refractivity contribution in [2.24, 2.45) is 10.1 Å². The Kier molecular flexibility index (Phi) is 7.93. The smallest absolute Gasteiger partial charge is 0.243 e. The molecule has 2 fully saturated rings. The molecule has 0 atom stereocenters. The molecule has 2 aliphatic heterocycles. The van der Waals surface area contributed by atoms with Crippen LogP contribution in [-0.2, 0) is 19.5 Å². The second kappa shape index (κ2) is 11.9. The van der Waals surface area contributed by atoms with Crippen LogP contribution < -0.4 is 9.70 Å². The molecular formula is C28H29N5O5S2. The van der Waals surface area contributed by atoms with E-state index < -0.39 is 10.0 Å². The number of sulfonamides is 1. The maximum absolute atomic E-state index is 13.0. The van der Waals surface area contributed by atoms with E-state index in [2.05, 4.69) is 17.0 Å². The minimum absolute atomic E-state index is 0.238. The van der Waals surface area contributed by atoms with Crippen molar-refractivity contribution in [1.29, 1.82) is 0 Å². The molecular weight excluding hydrogens is 550 g/mol. The van der Waals surface area contributed by atoms with Crippen molar-refractivity contribution in [1.82, 2.24) is 8.98 Å². The summed E-state index contributed by atoms with van der Waals surface area (Å²) in [6.45, 7) is 4.77. The Morgan fingerprint density at radius 3 is 2.23 bits per heavy atom. The Morgan fingerprint density at radius 1 is 0.850 bits per heavy atom. The Bertz CT molecular complexity index is 1610. The molecule has 10 nitrogen and oxygen atoms in total. The van der Waals surface area contributed by atoms with Crippen LogP contribution >= 0.6 is 11.3 Å². The molecule has 208 valence electrons. The summed E-state index contributed by atoms with van der Waals surface area (Å²) in [5.41, 5.74) is 3.49. The monoisotopic (exact) mass is 579 g/mol. The number of anilines is 1. The lowest BCUT2D eigenvalue weighted by atomic mass is 10.2. The maximum Gasteiger partial charge on any atom is 0.243 e. The molecule has 0 unspecified atom stereocenters. The third-order valence-corrected chi connectivity index (χ3v) is 9.45. The number of benzene rings is 2. The summed E-state index contributed by atoms with van der Waals surface area (Å²) >= 11 is 1.42. The summed E-state index contributed by atoms with van der Waals surface area (Å²) in [6, 6.07) is 18.6. The van der Waals surface area contributed by atoms with Crippen LogP contribution in [-0.4, -0.2) is 76.2 Å². The van der Waals surface area contributed by atoms with E-state index in [0.717, 1.165) is 43.2 Å². The Balaban J connectivity index is 1.28. The first-order chi connectivity index (χ1) is 19.6. The van der Waals surface area contributed by atoms with Gasteiger partial charge in [-0.25, -0.2) is 18.1 Å². The van der Waals surface area contributed by atoms with Gasteiger partial charge in [-0.2, -0.15) is 9.41 Å². The summed E-state index contributed by atoms with van der Waals surface area (Å²) < 4.78 is 45.5. The minimum Gasteiger partial charge on any atom is -0.463 e. The number of ether oxygens (including phenoxy) is 2. The highest BCUT2D eigenvalue weighted by Gasteiger charge is 2.26. The summed E-state index contributed by atoms with van der Waals surface area (Å²) in [7, 11) is -3.57. The van der Waals surface area contributed by atoms with Crippen LogP contribution in [0.2, 0.25) is 0 Å². The molecule has 0 aliphatic carbocycles. The molecule has 0 spiro atoms. The average molecular weight is 580 g/mol.